The highest BCUT2D eigenvalue weighted by molar-refractivity contribution is 6.19. The second-order valence-electron chi connectivity index (χ2n) is 10.00. The van der Waals surface area contributed by atoms with E-state index in [-0.39, 0.29) is 45.4 Å². The summed E-state index contributed by atoms with van der Waals surface area (Å²) in [6, 6.07) is 5.87. The number of aliphatic carboxylic acids is 1. The molecule has 3 amide bonds. The van der Waals surface area contributed by atoms with Gasteiger partial charge in [0.2, 0.25) is 17.4 Å². The normalized spacial score (nSPS) is 23.8. The first-order chi connectivity index (χ1) is 19.0. The summed E-state index contributed by atoms with van der Waals surface area (Å²) in [5.41, 5.74) is 9.54. The van der Waals surface area contributed by atoms with Crippen LogP contribution in [0.1, 0.15) is 44.6 Å². The summed E-state index contributed by atoms with van der Waals surface area (Å²) in [4.78, 5) is 81.3. The van der Waals surface area contributed by atoms with Crippen molar-refractivity contribution in [2.45, 2.75) is 69.4 Å². The van der Waals surface area contributed by atoms with Crippen molar-refractivity contribution in [2.24, 2.45) is 17.4 Å². The lowest BCUT2D eigenvalue weighted by molar-refractivity contribution is -0.175. The second-order valence-corrected chi connectivity index (χ2v) is 10.00. The predicted molar refractivity (Wildman–Crippen MR) is 139 cm³/mol. The molecule has 0 spiro atoms. The number of nitrogens with two attached hydrogens (primary N) is 2. The number of carbonyl (C=O) groups is 6. The highest BCUT2D eigenvalue weighted by atomic mass is 16.6. The lowest BCUT2D eigenvalue weighted by atomic mass is 9.70. The number of unbranched alkanes of at least 4 members (excludes halogenated alkanes) is 1. The molecule has 2 unspecified atom stereocenters. The number of fused-ring (bicyclic) bond motifs is 1. The Kier molecular flexibility index (Phi) is 10.1. The maximum atomic E-state index is 14.2. The van der Waals surface area contributed by atoms with E-state index in [1.165, 1.54) is 14.0 Å². The molecule has 1 heterocycles. The summed E-state index contributed by atoms with van der Waals surface area (Å²) in [6.45, 7) is 1.13. The van der Waals surface area contributed by atoms with E-state index in [9.17, 15) is 33.9 Å². The van der Waals surface area contributed by atoms with Crippen molar-refractivity contribution >= 4 is 35.4 Å². The zero-order chi connectivity index (χ0) is 29.6. The van der Waals surface area contributed by atoms with Gasteiger partial charge in [-0.05, 0) is 44.7 Å². The molecule has 1 aliphatic heterocycles. The fraction of sp³-hybridized carbons (Fsp3) is 0.556. The molecule has 0 bridgehead atoms. The standard InChI is InChI=1S/C27H36N4O9/c1-16(29)23(34)31(26(38)40-15-17-8-4-3-5-9-17)19(10-6-7-12-28)24(35)30-13-11-18-20(32)14-21(39-2)22(33)27(18,30)25(36)37/h3-5,8-9,16,18-19,21H,6-7,10-15,28-29H2,1-2H3,(H,36,37)/t16-,18?,19-,21?,27-/m0/s1. The third kappa shape index (κ3) is 5.76. The van der Waals surface area contributed by atoms with Gasteiger partial charge in [0, 0.05) is 20.1 Å². The Morgan fingerprint density at radius 1 is 1.18 bits per heavy atom. The molecular weight excluding hydrogens is 524 g/mol. The average molecular weight is 561 g/mol. The minimum atomic E-state index is -2.53. The van der Waals surface area contributed by atoms with E-state index in [4.69, 9.17) is 20.9 Å². The fourth-order valence-corrected chi connectivity index (χ4v) is 5.44. The van der Waals surface area contributed by atoms with Crippen molar-refractivity contribution in [3.05, 3.63) is 35.9 Å². The number of imide groups is 1. The van der Waals surface area contributed by atoms with Gasteiger partial charge in [0.15, 0.2) is 5.78 Å². The zero-order valence-electron chi connectivity index (χ0n) is 22.6. The number of methoxy groups -OCH3 is 1. The molecule has 2 aliphatic rings. The van der Waals surface area contributed by atoms with Crippen LogP contribution in [0.3, 0.4) is 0 Å². The number of Topliss-reactive ketones (excluding diaryl/α,β-unsaturated/α-hetero) is 2. The van der Waals surface area contributed by atoms with Crippen LogP contribution in [0.15, 0.2) is 30.3 Å². The lowest BCUT2D eigenvalue weighted by Crippen LogP contribution is -2.70. The van der Waals surface area contributed by atoms with Crippen LogP contribution >= 0.6 is 0 Å². The number of carbonyl (C=O) groups excluding carboxylic acids is 5. The number of likely N-dealkylation sites (tertiary alicyclic amines) is 1. The smallest absolute Gasteiger partial charge is 0.417 e. The number of nitrogens with zero attached hydrogens (tertiary/aromatic N) is 2. The molecule has 1 saturated carbocycles. The molecule has 218 valence electrons. The predicted octanol–water partition coefficient (Wildman–Crippen LogP) is 0.225. The summed E-state index contributed by atoms with van der Waals surface area (Å²) in [5.74, 6) is -6.33. The lowest BCUT2D eigenvalue weighted by Gasteiger charge is -2.43. The van der Waals surface area contributed by atoms with Crippen LogP contribution in [-0.4, -0.2) is 94.3 Å². The molecule has 1 saturated heterocycles. The molecule has 13 nitrogen and oxygen atoms in total. The van der Waals surface area contributed by atoms with Gasteiger partial charge < -0.3 is 30.9 Å². The number of carboxylic acids is 1. The molecule has 40 heavy (non-hydrogen) atoms. The minimum Gasteiger partial charge on any atom is -0.479 e. The highest BCUT2D eigenvalue weighted by Gasteiger charge is 2.68. The second kappa shape index (κ2) is 13.1. The van der Waals surface area contributed by atoms with Crippen LogP contribution < -0.4 is 11.5 Å². The molecule has 1 aromatic carbocycles. The maximum Gasteiger partial charge on any atom is 0.417 e. The largest absolute Gasteiger partial charge is 0.479 e. The van der Waals surface area contributed by atoms with E-state index in [2.05, 4.69) is 0 Å². The SMILES string of the molecule is COC1CC(=O)C2CCN(C(=O)[C@H](CCCCN)N(C(=O)OCc3ccccc3)C(=O)[C@H](C)N)[C@]2(C(=O)O)C1=O. The van der Waals surface area contributed by atoms with Crippen LogP contribution in [0.25, 0.3) is 0 Å². The van der Waals surface area contributed by atoms with Gasteiger partial charge in [-0.25, -0.2) is 14.5 Å². The topological polar surface area (TPSA) is 200 Å². The fourth-order valence-electron chi connectivity index (χ4n) is 5.44. The van der Waals surface area contributed by atoms with Crippen LogP contribution in [0, 0.1) is 5.92 Å². The third-order valence-electron chi connectivity index (χ3n) is 7.45. The Balaban J connectivity index is 2.04. The van der Waals surface area contributed by atoms with Gasteiger partial charge in [-0.3, -0.25) is 19.2 Å². The first-order valence-corrected chi connectivity index (χ1v) is 13.2. The van der Waals surface area contributed by atoms with Crippen molar-refractivity contribution in [1.82, 2.24) is 9.80 Å². The van der Waals surface area contributed by atoms with E-state index >= 15 is 0 Å². The van der Waals surface area contributed by atoms with E-state index in [1.807, 2.05) is 0 Å². The molecule has 0 radical (unpaired) electrons. The Labute approximate surface area is 231 Å². The Morgan fingerprint density at radius 3 is 2.42 bits per heavy atom. The first-order valence-electron chi connectivity index (χ1n) is 13.2. The zero-order valence-corrected chi connectivity index (χ0v) is 22.6. The van der Waals surface area contributed by atoms with Crippen LogP contribution in [-0.2, 0) is 40.1 Å². The Hall–Kier alpha value is -3.68. The van der Waals surface area contributed by atoms with Gasteiger partial charge in [0.05, 0.1) is 12.0 Å². The number of carboxylic acid groups (broad SMARTS) is 1. The van der Waals surface area contributed by atoms with Crippen molar-refractivity contribution in [2.75, 3.05) is 20.2 Å². The third-order valence-corrected chi connectivity index (χ3v) is 7.45. The summed E-state index contributed by atoms with van der Waals surface area (Å²) in [6.07, 6.45) is -2.28. The van der Waals surface area contributed by atoms with Crippen molar-refractivity contribution in [3.63, 3.8) is 0 Å². The number of benzene rings is 1. The molecule has 2 fully saturated rings. The van der Waals surface area contributed by atoms with Gasteiger partial charge in [0.25, 0.3) is 0 Å². The molecule has 5 atom stereocenters. The molecule has 0 aromatic heterocycles. The van der Waals surface area contributed by atoms with Crippen LogP contribution in [0.4, 0.5) is 4.79 Å². The van der Waals surface area contributed by atoms with Gasteiger partial charge in [-0.1, -0.05) is 30.3 Å². The van der Waals surface area contributed by atoms with Gasteiger partial charge in [0.1, 0.15) is 24.5 Å². The van der Waals surface area contributed by atoms with Crippen LogP contribution in [0.2, 0.25) is 0 Å². The summed E-state index contributed by atoms with van der Waals surface area (Å²) < 4.78 is 10.5. The molecular formula is C27H36N4O9. The quantitative estimate of drug-likeness (QED) is 0.247. The Bertz CT molecular complexity index is 1140. The number of hydrogen-bond donors (Lipinski definition) is 3. The molecule has 1 aliphatic carbocycles. The summed E-state index contributed by atoms with van der Waals surface area (Å²) in [5, 5.41) is 10.3. The molecule has 5 N–H and O–H groups in total. The van der Waals surface area contributed by atoms with Gasteiger partial charge in [-0.2, -0.15) is 0 Å². The number of hydrogen-bond acceptors (Lipinski definition) is 10. The van der Waals surface area contributed by atoms with Crippen molar-refractivity contribution in [1.29, 1.82) is 0 Å². The van der Waals surface area contributed by atoms with Gasteiger partial charge in [-0.15, -0.1) is 0 Å². The minimum absolute atomic E-state index is 0.0751. The highest BCUT2D eigenvalue weighted by Crippen LogP contribution is 2.43. The monoisotopic (exact) mass is 560 g/mol. The van der Waals surface area contributed by atoms with Crippen molar-refractivity contribution < 1.29 is 43.3 Å². The van der Waals surface area contributed by atoms with E-state index in [1.54, 1.807) is 30.3 Å². The molecule has 1 aromatic rings. The van der Waals surface area contributed by atoms with E-state index in [0.29, 0.717) is 16.9 Å². The molecule has 3 rings (SSSR count). The maximum absolute atomic E-state index is 14.2. The number of rotatable bonds is 11. The van der Waals surface area contributed by atoms with E-state index < -0.39 is 65.1 Å². The number of ether oxygens (including phenoxy) is 2. The van der Waals surface area contributed by atoms with Gasteiger partial charge >= 0.3 is 12.1 Å². The van der Waals surface area contributed by atoms with Crippen LogP contribution in [0.5, 0.6) is 0 Å². The summed E-state index contributed by atoms with van der Waals surface area (Å²) in [7, 11) is 1.17. The average Bonchev–Trinajstić information content (AvgIpc) is 3.36. The summed E-state index contributed by atoms with van der Waals surface area (Å²) >= 11 is 0. The number of amides is 3. The Morgan fingerprint density at radius 2 is 1.85 bits per heavy atom. The first kappa shape index (κ1) is 30.9. The number of ketones is 2. The van der Waals surface area contributed by atoms with Crippen molar-refractivity contribution in [3.8, 4) is 0 Å². The molecule has 13 heteroatoms. The van der Waals surface area contributed by atoms with E-state index in [0.717, 1.165) is 4.90 Å².